The van der Waals surface area contributed by atoms with Crippen LogP contribution >= 0.6 is 23.8 Å². The second-order valence-corrected chi connectivity index (χ2v) is 7.85. The van der Waals surface area contributed by atoms with Crippen molar-refractivity contribution in [2.24, 2.45) is 5.92 Å². The standard InChI is InChI=1S/C21H27ClN4OS/c1-27-20-14-18(22)8-9-19(20)24-21(28)26(15-17-6-3-2-4-7-17)12-5-11-25-13-10-23-16-25/h2-3,8-10,13-14,16-17H,4-7,11-12,15H2,1H3,(H,24,28)/t17-/m0/s1. The van der Waals surface area contributed by atoms with E-state index >= 15 is 0 Å². The van der Waals surface area contributed by atoms with Gasteiger partial charge in [0.15, 0.2) is 5.11 Å². The van der Waals surface area contributed by atoms with E-state index in [-0.39, 0.29) is 0 Å². The number of aromatic nitrogens is 2. The Morgan fingerprint density at radius 2 is 2.32 bits per heavy atom. The van der Waals surface area contributed by atoms with Gasteiger partial charge in [0.05, 0.1) is 19.1 Å². The third-order valence-electron chi connectivity index (χ3n) is 4.95. The molecule has 3 rings (SSSR count). The highest BCUT2D eigenvalue weighted by molar-refractivity contribution is 7.80. The van der Waals surface area contributed by atoms with Crippen molar-refractivity contribution in [2.75, 3.05) is 25.5 Å². The fourth-order valence-corrected chi connectivity index (χ4v) is 3.87. The van der Waals surface area contributed by atoms with Crippen LogP contribution in [0.3, 0.4) is 0 Å². The molecule has 0 saturated heterocycles. The van der Waals surface area contributed by atoms with Gasteiger partial charge < -0.3 is 19.5 Å². The zero-order valence-corrected chi connectivity index (χ0v) is 17.8. The van der Waals surface area contributed by atoms with Crippen molar-refractivity contribution >= 4 is 34.6 Å². The molecule has 1 aromatic heterocycles. The average molecular weight is 419 g/mol. The van der Waals surface area contributed by atoms with E-state index in [0.29, 0.717) is 16.7 Å². The van der Waals surface area contributed by atoms with Crippen molar-refractivity contribution in [3.05, 3.63) is 54.1 Å². The molecule has 1 heterocycles. The number of nitrogens with zero attached hydrogens (tertiary/aromatic N) is 3. The molecule has 1 atom stereocenters. The number of thiocarbonyl (C=S) groups is 1. The lowest BCUT2D eigenvalue weighted by atomic mass is 9.94. The monoisotopic (exact) mass is 418 g/mol. The molecule has 1 aromatic carbocycles. The van der Waals surface area contributed by atoms with Gasteiger partial charge in [0.2, 0.25) is 0 Å². The predicted octanol–water partition coefficient (Wildman–Crippen LogP) is 4.99. The Labute approximate surface area is 177 Å². The van der Waals surface area contributed by atoms with Gasteiger partial charge in [-0.15, -0.1) is 0 Å². The molecule has 5 nitrogen and oxygen atoms in total. The first-order valence-corrected chi connectivity index (χ1v) is 10.4. The summed E-state index contributed by atoms with van der Waals surface area (Å²) in [5.41, 5.74) is 0.833. The lowest BCUT2D eigenvalue weighted by molar-refractivity contribution is 0.316. The maximum atomic E-state index is 6.08. The molecule has 1 N–H and O–H groups in total. The summed E-state index contributed by atoms with van der Waals surface area (Å²) in [7, 11) is 1.64. The first-order valence-electron chi connectivity index (χ1n) is 9.66. The van der Waals surface area contributed by atoms with Crippen molar-refractivity contribution in [1.29, 1.82) is 0 Å². The summed E-state index contributed by atoms with van der Waals surface area (Å²) >= 11 is 11.8. The summed E-state index contributed by atoms with van der Waals surface area (Å²) in [5.74, 6) is 1.32. The third kappa shape index (κ3) is 5.97. The van der Waals surface area contributed by atoms with Gasteiger partial charge in [-0.2, -0.15) is 0 Å². The molecule has 0 aliphatic heterocycles. The molecule has 0 saturated carbocycles. The van der Waals surface area contributed by atoms with Crippen LogP contribution < -0.4 is 10.1 Å². The predicted molar refractivity (Wildman–Crippen MR) is 119 cm³/mol. The van der Waals surface area contributed by atoms with Crippen LogP contribution in [-0.4, -0.2) is 39.8 Å². The number of nitrogens with one attached hydrogen (secondary N) is 1. The smallest absolute Gasteiger partial charge is 0.173 e. The van der Waals surface area contributed by atoms with Gasteiger partial charge in [-0.1, -0.05) is 23.8 Å². The number of anilines is 1. The van der Waals surface area contributed by atoms with Gasteiger partial charge in [0.25, 0.3) is 0 Å². The van der Waals surface area contributed by atoms with Crippen LogP contribution in [-0.2, 0) is 6.54 Å². The molecular weight excluding hydrogens is 392 g/mol. The fraction of sp³-hybridized carbons (Fsp3) is 0.429. The molecule has 7 heteroatoms. The molecule has 1 aliphatic rings. The summed E-state index contributed by atoms with van der Waals surface area (Å²) in [4.78, 5) is 6.39. The minimum atomic E-state index is 0.630. The van der Waals surface area contributed by atoms with Crippen molar-refractivity contribution in [3.63, 3.8) is 0 Å². The van der Waals surface area contributed by atoms with Crippen molar-refractivity contribution in [3.8, 4) is 5.75 Å². The number of imidazole rings is 1. The number of methoxy groups -OCH3 is 1. The largest absolute Gasteiger partial charge is 0.495 e. The van der Waals surface area contributed by atoms with E-state index in [4.69, 9.17) is 28.6 Å². The number of hydrogen-bond acceptors (Lipinski definition) is 3. The van der Waals surface area contributed by atoms with E-state index in [1.807, 2.05) is 30.9 Å². The van der Waals surface area contributed by atoms with Gasteiger partial charge in [-0.25, -0.2) is 4.98 Å². The van der Waals surface area contributed by atoms with E-state index in [2.05, 4.69) is 31.9 Å². The average Bonchev–Trinajstić information content (AvgIpc) is 3.22. The molecular formula is C21H27ClN4OS. The van der Waals surface area contributed by atoms with Gasteiger partial charge in [-0.05, 0) is 56.0 Å². The number of allylic oxidation sites excluding steroid dienone is 2. The molecule has 0 fully saturated rings. The summed E-state index contributed by atoms with van der Waals surface area (Å²) in [6.07, 6.45) is 14.7. The Hall–Kier alpha value is -2.05. The SMILES string of the molecule is COc1cc(Cl)ccc1NC(=S)N(CCCn1ccnc1)C[C@H]1CC=CCC1. The highest BCUT2D eigenvalue weighted by Crippen LogP contribution is 2.28. The lowest BCUT2D eigenvalue weighted by Crippen LogP contribution is -2.39. The molecule has 0 radical (unpaired) electrons. The Morgan fingerprint density at radius 1 is 1.43 bits per heavy atom. The number of hydrogen-bond donors (Lipinski definition) is 1. The van der Waals surface area contributed by atoms with Crippen LogP contribution in [0.5, 0.6) is 5.75 Å². The highest BCUT2D eigenvalue weighted by atomic mass is 35.5. The molecule has 28 heavy (non-hydrogen) atoms. The normalized spacial score (nSPS) is 16.0. The number of benzene rings is 1. The maximum absolute atomic E-state index is 6.08. The second kappa shape index (κ2) is 10.5. The minimum absolute atomic E-state index is 0.630. The van der Waals surface area contributed by atoms with E-state index < -0.39 is 0 Å². The van der Waals surface area contributed by atoms with Crippen LogP contribution in [0.4, 0.5) is 5.69 Å². The van der Waals surface area contributed by atoms with Gasteiger partial charge in [-0.3, -0.25) is 0 Å². The topological polar surface area (TPSA) is 42.3 Å². The molecule has 1 aliphatic carbocycles. The summed E-state index contributed by atoms with van der Waals surface area (Å²) < 4.78 is 7.54. The Morgan fingerprint density at radius 3 is 3.04 bits per heavy atom. The number of halogens is 1. The number of ether oxygens (including phenoxy) is 1. The number of rotatable bonds is 8. The van der Waals surface area contributed by atoms with Crippen LogP contribution in [0, 0.1) is 5.92 Å². The fourth-order valence-electron chi connectivity index (χ4n) is 3.44. The van der Waals surface area contributed by atoms with Crippen molar-refractivity contribution in [1.82, 2.24) is 14.5 Å². The maximum Gasteiger partial charge on any atom is 0.173 e. The van der Waals surface area contributed by atoms with Crippen molar-refractivity contribution < 1.29 is 4.74 Å². The molecule has 0 bridgehead atoms. The number of aryl methyl sites for hydroxylation is 1. The van der Waals surface area contributed by atoms with E-state index in [1.165, 1.54) is 6.42 Å². The first kappa shape index (κ1) is 20.7. The van der Waals surface area contributed by atoms with E-state index in [1.54, 1.807) is 13.2 Å². The van der Waals surface area contributed by atoms with Crippen molar-refractivity contribution in [2.45, 2.75) is 32.2 Å². The molecule has 0 amide bonds. The second-order valence-electron chi connectivity index (χ2n) is 7.03. The first-order chi connectivity index (χ1) is 13.7. The Bertz CT molecular complexity index is 794. The lowest BCUT2D eigenvalue weighted by Gasteiger charge is -2.31. The zero-order chi connectivity index (χ0) is 19.8. The molecule has 0 spiro atoms. The molecule has 0 unspecified atom stereocenters. The summed E-state index contributed by atoms with van der Waals surface area (Å²) in [5, 5.41) is 4.72. The van der Waals surface area contributed by atoms with Crippen LogP contribution in [0.25, 0.3) is 0 Å². The highest BCUT2D eigenvalue weighted by Gasteiger charge is 2.18. The molecule has 150 valence electrons. The zero-order valence-electron chi connectivity index (χ0n) is 16.2. The molecule has 2 aromatic rings. The minimum Gasteiger partial charge on any atom is -0.495 e. The summed E-state index contributed by atoms with van der Waals surface area (Å²) in [6.45, 7) is 2.77. The van der Waals surface area contributed by atoms with Crippen LogP contribution in [0.2, 0.25) is 5.02 Å². The van der Waals surface area contributed by atoms with E-state index in [9.17, 15) is 0 Å². The summed E-state index contributed by atoms with van der Waals surface area (Å²) in [6, 6.07) is 5.53. The van der Waals surface area contributed by atoms with Crippen LogP contribution in [0.1, 0.15) is 25.7 Å². The van der Waals surface area contributed by atoms with Gasteiger partial charge in [0.1, 0.15) is 5.75 Å². The van der Waals surface area contributed by atoms with Crippen LogP contribution in [0.15, 0.2) is 49.1 Å². The quantitative estimate of drug-likeness (QED) is 0.483. The Balaban J connectivity index is 1.65. The third-order valence-corrected chi connectivity index (χ3v) is 5.55. The van der Waals surface area contributed by atoms with Gasteiger partial charge >= 0.3 is 0 Å². The Kier molecular flexibility index (Phi) is 7.74. The van der Waals surface area contributed by atoms with E-state index in [0.717, 1.165) is 49.7 Å². The van der Waals surface area contributed by atoms with Gasteiger partial charge in [0, 0.05) is 43.1 Å².